The lowest BCUT2D eigenvalue weighted by molar-refractivity contribution is -0.0448. The average Bonchev–Trinajstić information content (AvgIpc) is 2.61. The summed E-state index contributed by atoms with van der Waals surface area (Å²) in [6, 6.07) is 4.85. The fourth-order valence-electron chi connectivity index (χ4n) is 3.41. The maximum Gasteiger partial charge on any atom is 0.406 e. The van der Waals surface area contributed by atoms with Crippen molar-refractivity contribution in [3.63, 3.8) is 0 Å². The molecule has 0 aromatic heterocycles. The molecule has 2 rings (SSSR count). The number of methoxy groups -OCH3 is 1. The molecular weight excluding hydrogens is 311 g/mol. The molecule has 1 aromatic rings. The molecule has 0 radical (unpaired) electrons. The monoisotopic (exact) mass is 338 g/mol. The Kier molecular flexibility index (Phi) is 6.57. The Balaban J connectivity index is 2.17. The zero-order valence-corrected chi connectivity index (χ0v) is 14.4. The van der Waals surface area contributed by atoms with Gasteiger partial charge in [0.15, 0.2) is 0 Å². The predicted octanol–water partition coefficient (Wildman–Crippen LogP) is 2.46. The highest BCUT2D eigenvalue weighted by Gasteiger charge is 2.40. The first-order chi connectivity index (χ1) is 11.5. The lowest BCUT2D eigenvalue weighted by atomic mass is 9.74. The second-order valence-electron chi connectivity index (χ2n) is 6.47. The van der Waals surface area contributed by atoms with Gasteiger partial charge in [-0.2, -0.15) is 0 Å². The van der Waals surface area contributed by atoms with Gasteiger partial charge in [0.05, 0.1) is 12.7 Å². The Bertz CT molecular complexity index is 561. The van der Waals surface area contributed by atoms with Crippen LogP contribution in [0.25, 0.3) is 0 Å². The number of amides is 1. The maximum atomic E-state index is 14.4. The smallest absolute Gasteiger partial charge is 0.406 e. The SMILES string of the molecule is COC(=O)NCCC[C@@](O)(c1cc(C)ccc1F)[C@@H]1CCCNC1. The number of hydrogen-bond acceptors (Lipinski definition) is 4. The maximum absolute atomic E-state index is 14.4. The number of carbonyl (C=O) groups excluding carboxylic acids is 1. The molecule has 24 heavy (non-hydrogen) atoms. The fraction of sp³-hybridized carbons (Fsp3) is 0.611. The van der Waals surface area contributed by atoms with Crippen molar-refractivity contribution < 1.29 is 19.0 Å². The van der Waals surface area contributed by atoms with Crippen LogP contribution in [0.2, 0.25) is 0 Å². The molecule has 0 aliphatic carbocycles. The third-order valence-corrected chi connectivity index (χ3v) is 4.75. The van der Waals surface area contributed by atoms with Crippen molar-refractivity contribution in [2.75, 3.05) is 26.7 Å². The van der Waals surface area contributed by atoms with Crippen LogP contribution >= 0.6 is 0 Å². The van der Waals surface area contributed by atoms with Crippen molar-refractivity contribution in [3.8, 4) is 0 Å². The molecule has 6 heteroatoms. The normalized spacial score (nSPS) is 20.2. The van der Waals surface area contributed by atoms with Gasteiger partial charge in [0.25, 0.3) is 0 Å². The van der Waals surface area contributed by atoms with Gasteiger partial charge in [-0.05, 0) is 45.2 Å². The highest BCUT2D eigenvalue weighted by atomic mass is 19.1. The summed E-state index contributed by atoms with van der Waals surface area (Å²) in [5.41, 5.74) is 0.0250. The van der Waals surface area contributed by atoms with Gasteiger partial charge in [0.2, 0.25) is 0 Å². The molecule has 5 nitrogen and oxygen atoms in total. The summed E-state index contributed by atoms with van der Waals surface area (Å²) in [4.78, 5) is 11.1. The van der Waals surface area contributed by atoms with Crippen molar-refractivity contribution >= 4 is 6.09 Å². The molecule has 0 spiro atoms. The molecule has 0 saturated carbocycles. The zero-order chi connectivity index (χ0) is 17.6. The van der Waals surface area contributed by atoms with E-state index in [1.807, 2.05) is 6.92 Å². The summed E-state index contributed by atoms with van der Waals surface area (Å²) < 4.78 is 19.0. The average molecular weight is 338 g/mol. The molecule has 1 heterocycles. The topological polar surface area (TPSA) is 70.6 Å². The number of piperidine rings is 1. The van der Waals surface area contributed by atoms with Crippen LogP contribution in [0.4, 0.5) is 9.18 Å². The molecule has 1 amide bonds. The number of rotatable bonds is 6. The minimum Gasteiger partial charge on any atom is -0.453 e. The van der Waals surface area contributed by atoms with Gasteiger partial charge in [-0.3, -0.25) is 0 Å². The highest BCUT2D eigenvalue weighted by Crippen LogP contribution is 2.39. The largest absolute Gasteiger partial charge is 0.453 e. The number of aliphatic hydroxyl groups is 1. The van der Waals surface area contributed by atoms with E-state index in [9.17, 15) is 14.3 Å². The van der Waals surface area contributed by atoms with Crippen LogP contribution in [0, 0.1) is 18.7 Å². The molecule has 1 saturated heterocycles. The van der Waals surface area contributed by atoms with E-state index in [2.05, 4.69) is 15.4 Å². The predicted molar refractivity (Wildman–Crippen MR) is 90.3 cm³/mol. The second kappa shape index (κ2) is 8.44. The minimum absolute atomic E-state index is 0.0549. The van der Waals surface area contributed by atoms with Crippen LogP contribution in [-0.2, 0) is 10.3 Å². The summed E-state index contributed by atoms with van der Waals surface area (Å²) >= 11 is 0. The van der Waals surface area contributed by atoms with Gasteiger partial charge in [-0.15, -0.1) is 0 Å². The van der Waals surface area contributed by atoms with Crippen molar-refractivity contribution in [1.82, 2.24) is 10.6 Å². The summed E-state index contributed by atoms with van der Waals surface area (Å²) in [5, 5.41) is 17.3. The Hall–Kier alpha value is -1.66. The fourth-order valence-corrected chi connectivity index (χ4v) is 3.41. The van der Waals surface area contributed by atoms with Gasteiger partial charge in [-0.1, -0.05) is 17.7 Å². The molecule has 1 fully saturated rings. The third kappa shape index (κ3) is 4.45. The number of aryl methyl sites for hydroxylation is 1. The number of ether oxygens (including phenoxy) is 1. The molecule has 0 bridgehead atoms. The van der Waals surface area contributed by atoms with E-state index in [4.69, 9.17) is 0 Å². The van der Waals surface area contributed by atoms with Crippen molar-refractivity contribution in [2.24, 2.45) is 5.92 Å². The summed E-state index contributed by atoms with van der Waals surface area (Å²) in [7, 11) is 1.31. The zero-order valence-electron chi connectivity index (χ0n) is 14.4. The van der Waals surface area contributed by atoms with Crippen LogP contribution in [-0.4, -0.2) is 37.9 Å². The molecule has 134 valence electrons. The van der Waals surface area contributed by atoms with Crippen molar-refractivity contribution in [3.05, 3.63) is 35.1 Å². The van der Waals surface area contributed by atoms with E-state index in [-0.39, 0.29) is 11.7 Å². The van der Waals surface area contributed by atoms with Gasteiger partial charge < -0.3 is 20.5 Å². The molecule has 0 unspecified atom stereocenters. The lowest BCUT2D eigenvalue weighted by Crippen LogP contribution is -2.45. The van der Waals surface area contributed by atoms with E-state index in [1.54, 1.807) is 12.1 Å². The Labute approximate surface area is 142 Å². The summed E-state index contributed by atoms with van der Waals surface area (Å²) in [6.07, 6.45) is 2.22. The van der Waals surface area contributed by atoms with Crippen LogP contribution in [0.5, 0.6) is 0 Å². The van der Waals surface area contributed by atoms with Gasteiger partial charge in [-0.25, -0.2) is 9.18 Å². The van der Waals surface area contributed by atoms with Gasteiger partial charge in [0, 0.05) is 24.6 Å². The van der Waals surface area contributed by atoms with Crippen LogP contribution < -0.4 is 10.6 Å². The van der Waals surface area contributed by atoms with Gasteiger partial charge >= 0.3 is 6.09 Å². The Morgan fingerprint density at radius 1 is 1.54 bits per heavy atom. The number of nitrogens with one attached hydrogen (secondary N) is 2. The van der Waals surface area contributed by atoms with E-state index >= 15 is 0 Å². The number of benzene rings is 1. The van der Waals surface area contributed by atoms with Crippen molar-refractivity contribution in [1.29, 1.82) is 0 Å². The van der Waals surface area contributed by atoms with E-state index in [0.29, 0.717) is 31.5 Å². The molecule has 3 N–H and O–H groups in total. The first kappa shape index (κ1) is 18.7. The minimum atomic E-state index is -1.25. The Morgan fingerprint density at radius 3 is 3.00 bits per heavy atom. The van der Waals surface area contributed by atoms with E-state index in [0.717, 1.165) is 24.9 Å². The molecule has 1 aromatic carbocycles. The quantitative estimate of drug-likeness (QED) is 0.697. The Morgan fingerprint density at radius 2 is 2.33 bits per heavy atom. The van der Waals surface area contributed by atoms with E-state index < -0.39 is 11.7 Å². The van der Waals surface area contributed by atoms with Crippen molar-refractivity contribution in [2.45, 2.75) is 38.2 Å². The van der Waals surface area contributed by atoms with Crippen LogP contribution in [0.1, 0.15) is 36.8 Å². The number of hydrogen-bond donors (Lipinski definition) is 3. The standard InChI is InChI=1S/C18H27FN2O3/c1-13-6-7-16(19)15(11-13)18(23,14-5-3-9-20-12-14)8-4-10-21-17(22)24-2/h6-7,11,14,20,23H,3-5,8-10,12H2,1-2H3,(H,21,22)/t14-,18+/m1/s1. The van der Waals surface area contributed by atoms with Crippen LogP contribution in [0.3, 0.4) is 0 Å². The third-order valence-electron chi connectivity index (χ3n) is 4.75. The molecule has 2 atom stereocenters. The molecular formula is C18H27FN2O3. The first-order valence-electron chi connectivity index (χ1n) is 8.49. The second-order valence-corrected chi connectivity index (χ2v) is 6.47. The first-order valence-corrected chi connectivity index (χ1v) is 8.49. The van der Waals surface area contributed by atoms with Gasteiger partial charge in [0.1, 0.15) is 5.82 Å². The molecule has 1 aliphatic heterocycles. The van der Waals surface area contributed by atoms with Crippen LogP contribution in [0.15, 0.2) is 18.2 Å². The summed E-state index contributed by atoms with van der Waals surface area (Å²) in [5.74, 6) is -0.435. The lowest BCUT2D eigenvalue weighted by Gasteiger charge is -2.39. The van der Waals surface area contributed by atoms with E-state index in [1.165, 1.54) is 13.2 Å². The highest BCUT2D eigenvalue weighted by molar-refractivity contribution is 5.66. The number of alkyl carbamates (subject to hydrolysis) is 1. The number of carbonyl (C=O) groups is 1. The number of halogens is 1. The summed E-state index contributed by atoms with van der Waals surface area (Å²) in [6.45, 7) is 3.85. The molecule has 1 aliphatic rings.